The highest BCUT2D eigenvalue weighted by atomic mass is 16.5. The molecular formula is C26H33N3O5. The van der Waals surface area contributed by atoms with Gasteiger partial charge < -0.3 is 24.1 Å². The Bertz CT molecular complexity index is 1220. The van der Waals surface area contributed by atoms with Crippen LogP contribution in [-0.4, -0.2) is 27.4 Å². The van der Waals surface area contributed by atoms with E-state index in [2.05, 4.69) is 17.2 Å². The quantitative estimate of drug-likeness (QED) is 0.397. The monoisotopic (exact) mass is 467 g/mol. The number of nitrogens with one attached hydrogen (secondary N) is 1. The first kappa shape index (κ1) is 23.9. The Labute approximate surface area is 198 Å². The molecule has 1 aliphatic carbocycles. The molecule has 0 bridgehead atoms. The van der Waals surface area contributed by atoms with Gasteiger partial charge in [-0.1, -0.05) is 40.2 Å². The number of ether oxygens (including phenoxy) is 1. The normalized spacial score (nSPS) is 14.8. The van der Waals surface area contributed by atoms with E-state index < -0.39 is 17.6 Å². The minimum Gasteiger partial charge on any atom is -0.491 e. The summed E-state index contributed by atoms with van der Waals surface area (Å²) in [7, 11) is 0. The van der Waals surface area contributed by atoms with Gasteiger partial charge in [0.15, 0.2) is 12.2 Å². The van der Waals surface area contributed by atoms with Crippen LogP contribution in [0, 0.1) is 11.3 Å². The Kier molecular flexibility index (Phi) is 6.68. The number of hydrogen-bond donors (Lipinski definition) is 2. The summed E-state index contributed by atoms with van der Waals surface area (Å²) >= 11 is 0. The SMILES string of the molecule is CCCCOc1c(C(NC(=O)O)C(C)(C)C)n(CC2CC2)c(=O)c2ccc(-c3cnco3)cc12. The highest BCUT2D eigenvalue weighted by Crippen LogP contribution is 2.42. The molecule has 1 fully saturated rings. The molecule has 0 spiro atoms. The molecule has 0 radical (unpaired) electrons. The number of benzene rings is 1. The molecule has 1 aliphatic rings. The minimum atomic E-state index is -1.14. The Balaban J connectivity index is 2.03. The minimum absolute atomic E-state index is 0.134. The summed E-state index contributed by atoms with van der Waals surface area (Å²) in [6, 6.07) is 4.88. The molecule has 3 aromatic rings. The van der Waals surface area contributed by atoms with Gasteiger partial charge in [-0.15, -0.1) is 0 Å². The number of pyridine rings is 1. The molecule has 1 aromatic carbocycles. The number of rotatable bonds is 9. The second-order valence-corrected chi connectivity index (χ2v) is 10.2. The van der Waals surface area contributed by atoms with Crippen LogP contribution in [-0.2, 0) is 6.54 Å². The fourth-order valence-corrected chi connectivity index (χ4v) is 4.26. The van der Waals surface area contributed by atoms with Crippen LogP contribution in [0.25, 0.3) is 22.1 Å². The van der Waals surface area contributed by atoms with E-state index in [9.17, 15) is 14.7 Å². The fourth-order valence-electron chi connectivity index (χ4n) is 4.26. The zero-order chi connectivity index (χ0) is 24.5. The molecule has 34 heavy (non-hydrogen) atoms. The van der Waals surface area contributed by atoms with E-state index in [4.69, 9.17) is 9.15 Å². The van der Waals surface area contributed by atoms with Crippen molar-refractivity contribution in [3.05, 3.63) is 46.8 Å². The lowest BCUT2D eigenvalue weighted by Gasteiger charge is -2.34. The summed E-state index contributed by atoms with van der Waals surface area (Å²) in [6.07, 6.45) is 5.77. The first-order valence-corrected chi connectivity index (χ1v) is 11.9. The van der Waals surface area contributed by atoms with E-state index in [0.717, 1.165) is 31.2 Å². The Morgan fingerprint density at radius 2 is 2.09 bits per heavy atom. The van der Waals surface area contributed by atoms with Crippen molar-refractivity contribution in [2.24, 2.45) is 11.3 Å². The number of carbonyl (C=O) groups is 1. The summed E-state index contributed by atoms with van der Waals surface area (Å²) in [4.78, 5) is 29.7. The van der Waals surface area contributed by atoms with Gasteiger partial charge >= 0.3 is 6.09 Å². The molecule has 1 unspecified atom stereocenters. The third-order valence-electron chi connectivity index (χ3n) is 6.27. The van der Waals surface area contributed by atoms with Gasteiger partial charge in [-0.25, -0.2) is 9.78 Å². The number of aromatic nitrogens is 2. The van der Waals surface area contributed by atoms with Crippen molar-refractivity contribution in [1.82, 2.24) is 14.9 Å². The number of amides is 1. The van der Waals surface area contributed by atoms with Crippen LogP contribution in [0.2, 0.25) is 0 Å². The van der Waals surface area contributed by atoms with Crippen LogP contribution in [0.5, 0.6) is 5.75 Å². The molecular weight excluding hydrogens is 434 g/mol. The van der Waals surface area contributed by atoms with Gasteiger partial charge in [-0.3, -0.25) is 4.79 Å². The smallest absolute Gasteiger partial charge is 0.405 e. The Hall–Kier alpha value is -3.29. The van der Waals surface area contributed by atoms with Crippen LogP contribution in [0.15, 0.2) is 40.0 Å². The van der Waals surface area contributed by atoms with Crippen molar-refractivity contribution in [2.75, 3.05) is 6.61 Å². The van der Waals surface area contributed by atoms with E-state index in [1.807, 2.05) is 32.9 Å². The molecule has 0 aliphatic heterocycles. The summed E-state index contributed by atoms with van der Waals surface area (Å²) in [6.45, 7) is 8.99. The average molecular weight is 468 g/mol. The lowest BCUT2D eigenvalue weighted by molar-refractivity contribution is 0.170. The van der Waals surface area contributed by atoms with Crippen LogP contribution >= 0.6 is 0 Å². The maximum Gasteiger partial charge on any atom is 0.405 e. The lowest BCUT2D eigenvalue weighted by atomic mass is 9.83. The second-order valence-electron chi connectivity index (χ2n) is 10.2. The van der Waals surface area contributed by atoms with Crippen LogP contribution < -0.4 is 15.6 Å². The predicted octanol–water partition coefficient (Wildman–Crippen LogP) is 5.60. The second kappa shape index (κ2) is 9.52. The lowest BCUT2D eigenvalue weighted by Crippen LogP contribution is -2.40. The van der Waals surface area contributed by atoms with Crippen molar-refractivity contribution in [1.29, 1.82) is 0 Å². The molecule has 2 aromatic heterocycles. The van der Waals surface area contributed by atoms with Gasteiger partial charge in [0.25, 0.3) is 5.56 Å². The van der Waals surface area contributed by atoms with E-state index in [-0.39, 0.29) is 5.56 Å². The van der Waals surface area contributed by atoms with Crippen LogP contribution in [0.1, 0.15) is 65.1 Å². The van der Waals surface area contributed by atoms with Crippen molar-refractivity contribution in [2.45, 2.75) is 66.0 Å². The molecule has 8 heteroatoms. The third-order valence-corrected chi connectivity index (χ3v) is 6.27. The van der Waals surface area contributed by atoms with E-state index in [0.29, 0.717) is 47.0 Å². The van der Waals surface area contributed by atoms with Gasteiger partial charge in [0, 0.05) is 17.5 Å². The maximum absolute atomic E-state index is 13.8. The molecule has 1 amide bonds. The highest BCUT2D eigenvalue weighted by Gasteiger charge is 2.36. The Morgan fingerprint density at radius 1 is 1.32 bits per heavy atom. The maximum atomic E-state index is 13.8. The zero-order valence-corrected chi connectivity index (χ0v) is 20.3. The fraction of sp³-hybridized carbons (Fsp3) is 0.500. The Morgan fingerprint density at radius 3 is 2.68 bits per heavy atom. The summed E-state index contributed by atoms with van der Waals surface area (Å²) in [5.74, 6) is 1.55. The number of fused-ring (bicyclic) bond motifs is 1. The van der Waals surface area contributed by atoms with Gasteiger partial charge in [-0.2, -0.15) is 0 Å². The van der Waals surface area contributed by atoms with Crippen LogP contribution in [0.4, 0.5) is 4.79 Å². The molecule has 4 rings (SSSR count). The molecule has 8 nitrogen and oxygen atoms in total. The van der Waals surface area contributed by atoms with Gasteiger partial charge in [-0.05, 0) is 42.7 Å². The number of unbranched alkanes of at least 4 members (excludes halogenated alkanes) is 1. The molecule has 2 N–H and O–H groups in total. The van der Waals surface area contributed by atoms with Gasteiger partial charge in [0.1, 0.15) is 5.75 Å². The molecule has 2 heterocycles. The molecule has 182 valence electrons. The largest absolute Gasteiger partial charge is 0.491 e. The van der Waals surface area contributed by atoms with Gasteiger partial charge in [0.2, 0.25) is 0 Å². The first-order valence-electron chi connectivity index (χ1n) is 11.9. The first-order chi connectivity index (χ1) is 16.2. The molecule has 1 atom stereocenters. The topological polar surface area (TPSA) is 107 Å². The van der Waals surface area contributed by atoms with Crippen molar-refractivity contribution in [3.8, 4) is 17.1 Å². The number of carboxylic acid groups (broad SMARTS) is 1. The van der Waals surface area contributed by atoms with E-state index >= 15 is 0 Å². The number of nitrogens with zero attached hydrogens (tertiary/aromatic N) is 2. The van der Waals surface area contributed by atoms with E-state index in [1.54, 1.807) is 16.8 Å². The zero-order valence-electron chi connectivity index (χ0n) is 20.3. The van der Waals surface area contributed by atoms with Crippen molar-refractivity contribution < 1.29 is 19.1 Å². The van der Waals surface area contributed by atoms with Crippen molar-refractivity contribution in [3.63, 3.8) is 0 Å². The number of hydrogen-bond acceptors (Lipinski definition) is 5. The van der Waals surface area contributed by atoms with Crippen LogP contribution in [0.3, 0.4) is 0 Å². The highest BCUT2D eigenvalue weighted by molar-refractivity contribution is 5.92. The van der Waals surface area contributed by atoms with Gasteiger partial charge in [0.05, 0.1) is 29.9 Å². The summed E-state index contributed by atoms with van der Waals surface area (Å²) < 4.78 is 13.6. The standard InChI is InChI=1S/C26H33N3O5/c1-5-6-11-33-22-19-12-17(20-13-27-15-34-20)9-10-18(19)24(30)29(14-16-7-8-16)21(22)23(26(2,3)4)28-25(31)32/h9-10,12-13,15-16,23,28H,5-8,11,14H2,1-4H3,(H,31,32). The average Bonchev–Trinajstić information content (AvgIpc) is 3.43. The van der Waals surface area contributed by atoms with Crippen molar-refractivity contribution >= 4 is 16.9 Å². The van der Waals surface area contributed by atoms with E-state index in [1.165, 1.54) is 6.39 Å². The molecule has 0 saturated heterocycles. The molecule has 1 saturated carbocycles. The number of oxazole rings is 1. The summed E-state index contributed by atoms with van der Waals surface area (Å²) in [5.41, 5.74) is 0.722. The third kappa shape index (κ3) is 4.95. The predicted molar refractivity (Wildman–Crippen MR) is 130 cm³/mol. The summed E-state index contributed by atoms with van der Waals surface area (Å²) in [5, 5.41) is 13.6.